The molecule has 0 unspecified atom stereocenters. The number of carbonyl (C=O) groups is 3. The molecule has 8 heteroatoms. The summed E-state index contributed by atoms with van der Waals surface area (Å²) in [6.07, 6.45) is 1.03. The predicted molar refractivity (Wildman–Crippen MR) is 121 cm³/mol. The summed E-state index contributed by atoms with van der Waals surface area (Å²) in [5, 5.41) is 8.63. The topological polar surface area (TPSA) is 99.8 Å². The largest absolute Gasteiger partial charge is 0.383 e. The van der Waals surface area contributed by atoms with Gasteiger partial charge in [0.15, 0.2) is 0 Å². The Morgan fingerprint density at radius 2 is 1.74 bits per heavy atom. The van der Waals surface area contributed by atoms with E-state index in [4.69, 9.17) is 4.74 Å². The van der Waals surface area contributed by atoms with E-state index in [-0.39, 0.29) is 24.3 Å². The Bertz CT molecular complexity index is 899. The molecule has 2 rings (SSSR count). The summed E-state index contributed by atoms with van der Waals surface area (Å²) in [5.74, 6) is -0.348. The lowest BCUT2D eigenvalue weighted by atomic mass is 10.1. The molecular formula is C23H30N4O4. The van der Waals surface area contributed by atoms with Gasteiger partial charge in [0.05, 0.1) is 13.2 Å². The maximum atomic E-state index is 12.3. The number of ether oxygens (including phenoxy) is 1. The molecule has 31 heavy (non-hydrogen) atoms. The van der Waals surface area contributed by atoms with Gasteiger partial charge >= 0.3 is 0 Å². The Morgan fingerprint density at radius 1 is 1.00 bits per heavy atom. The van der Waals surface area contributed by atoms with Gasteiger partial charge in [-0.3, -0.25) is 14.4 Å². The van der Waals surface area contributed by atoms with Crippen molar-refractivity contribution in [2.45, 2.75) is 12.8 Å². The molecular weight excluding hydrogens is 396 g/mol. The van der Waals surface area contributed by atoms with Gasteiger partial charge in [0.2, 0.25) is 11.8 Å². The van der Waals surface area contributed by atoms with Crippen LogP contribution in [0.15, 0.2) is 48.5 Å². The first-order chi connectivity index (χ1) is 14.9. The Balaban J connectivity index is 1.85. The molecule has 0 aliphatic carbocycles. The number of benzene rings is 2. The van der Waals surface area contributed by atoms with Crippen LogP contribution in [-0.2, 0) is 20.7 Å². The fraction of sp³-hybridized carbons (Fsp3) is 0.348. The highest BCUT2D eigenvalue weighted by Gasteiger charge is 2.08. The molecule has 0 radical (unpaired) electrons. The molecule has 0 aromatic heterocycles. The van der Waals surface area contributed by atoms with Gasteiger partial charge in [0, 0.05) is 51.1 Å². The third-order valence-corrected chi connectivity index (χ3v) is 4.51. The molecule has 0 aliphatic heterocycles. The summed E-state index contributed by atoms with van der Waals surface area (Å²) in [6, 6.07) is 14.4. The highest BCUT2D eigenvalue weighted by atomic mass is 16.5. The van der Waals surface area contributed by atoms with Crippen molar-refractivity contribution in [2.24, 2.45) is 0 Å². The van der Waals surface area contributed by atoms with Crippen LogP contribution in [0.2, 0.25) is 0 Å². The molecule has 0 bridgehead atoms. The van der Waals surface area contributed by atoms with Crippen LogP contribution in [0.3, 0.4) is 0 Å². The number of methoxy groups -OCH3 is 1. The van der Waals surface area contributed by atoms with Gasteiger partial charge in [-0.15, -0.1) is 0 Å². The number of amides is 3. The lowest BCUT2D eigenvalue weighted by molar-refractivity contribution is -0.128. The molecule has 2 aromatic carbocycles. The molecule has 8 nitrogen and oxygen atoms in total. The van der Waals surface area contributed by atoms with Crippen molar-refractivity contribution in [1.82, 2.24) is 10.2 Å². The second-order valence-corrected chi connectivity index (χ2v) is 7.22. The van der Waals surface area contributed by atoms with Crippen LogP contribution in [-0.4, -0.2) is 63.5 Å². The van der Waals surface area contributed by atoms with E-state index < -0.39 is 0 Å². The van der Waals surface area contributed by atoms with Crippen LogP contribution in [0.4, 0.5) is 11.4 Å². The van der Waals surface area contributed by atoms with Crippen molar-refractivity contribution in [2.75, 3.05) is 51.5 Å². The minimum atomic E-state index is -0.212. The second kappa shape index (κ2) is 12.3. The van der Waals surface area contributed by atoms with E-state index in [0.717, 1.165) is 5.56 Å². The molecule has 0 heterocycles. The fourth-order valence-electron chi connectivity index (χ4n) is 2.81. The van der Waals surface area contributed by atoms with Crippen LogP contribution in [0.1, 0.15) is 22.3 Å². The molecule has 0 saturated carbocycles. The van der Waals surface area contributed by atoms with E-state index in [1.807, 2.05) is 18.2 Å². The van der Waals surface area contributed by atoms with Crippen molar-refractivity contribution >= 4 is 29.1 Å². The van der Waals surface area contributed by atoms with Crippen LogP contribution in [0, 0.1) is 0 Å². The first-order valence-corrected chi connectivity index (χ1v) is 10.1. The maximum absolute atomic E-state index is 12.3. The molecule has 0 spiro atoms. The van der Waals surface area contributed by atoms with Gasteiger partial charge in [-0.25, -0.2) is 0 Å². The number of nitrogens with zero attached hydrogens (tertiary/aromatic N) is 1. The summed E-state index contributed by atoms with van der Waals surface area (Å²) in [7, 11) is 5.04. The van der Waals surface area contributed by atoms with Crippen LogP contribution in [0.25, 0.3) is 0 Å². The van der Waals surface area contributed by atoms with E-state index in [1.165, 1.54) is 0 Å². The molecule has 3 amide bonds. The molecule has 0 aliphatic rings. The molecule has 0 fully saturated rings. The third-order valence-electron chi connectivity index (χ3n) is 4.51. The minimum Gasteiger partial charge on any atom is -0.383 e. The Labute approximate surface area is 183 Å². The lowest BCUT2D eigenvalue weighted by Gasteiger charge is -2.11. The standard InChI is InChI=1S/C23H30N4O4/c1-27(2)22(29)11-10-17-6-4-9-20(14-17)26-21(28)16-25-19-8-5-7-18(15-19)23(30)24-12-13-31-3/h4-9,14-15,25H,10-13,16H2,1-3H3,(H,24,30)(H,26,28). The number of rotatable bonds is 11. The van der Waals surface area contributed by atoms with Crippen LogP contribution < -0.4 is 16.0 Å². The van der Waals surface area contributed by atoms with E-state index in [2.05, 4.69) is 16.0 Å². The Kier molecular flexibility index (Phi) is 9.51. The summed E-state index contributed by atoms with van der Waals surface area (Å²) < 4.78 is 4.92. The monoisotopic (exact) mass is 426 g/mol. The van der Waals surface area contributed by atoms with Gasteiger partial charge in [0.1, 0.15) is 0 Å². The SMILES string of the molecule is COCCNC(=O)c1cccc(NCC(=O)Nc2cccc(CCC(=O)N(C)C)c2)c1. The molecule has 2 aromatic rings. The quantitative estimate of drug-likeness (QED) is 0.478. The van der Waals surface area contributed by atoms with E-state index in [0.29, 0.717) is 42.9 Å². The number of anilines is 2. The highest BCUT2D eigenvalue weighted by molar-refractivity contribution is 5.96. The molecule has 0 saturated heterocycles. The van der Waals surface area contributed by atoms with Crippen molar-refractivity contribution in [3.05, 3.63) is 59.7 Å². The lowest BCUT2D eigenvalue weighted by Crippen LogP contribution is -2.27. The van der Waals surface area contributed by atoms with Gasteiger partial charge in [-0.2, -0.15) is 0 Å². The first-order valence-electron chi connectivity index (χ1n) is 10.1. The van der Waals surface area contributed by atoms with Crippen molar-refractivity contribution < 1.29 is 19.1 Å². The molecule has 3 N–H and O–H groups in total. The zero-order chi connectivity index (χ0) is 22.6. The smallest absolute Gasteiger partial charge is 0.251 e. The number of hydrogen-bond donors (Lipinski definition) is 3. The van der Waals surface area contributed by atoms with Crippen molar-refractivity contribution in [3.63, 3.8) is 0 Å². The van der Waals surface area contributed by atoms with Gasteiger partial charge < -0.3 is 25.6 Å². The number of hydrogen-bond acceptors (Lipinski definition) is 5. The molecule has 166 valence electrons. The van der Waals surface area contributed by atoms with E-state index >= 15 is 0 Å². The third kappa shape index (κ3) is 8.47. The zero-order valence-electron chi connectivity index (χ0n) is 18.2. The van der Waals surface area contributed by atoms with Gasteiger partial charge in [-0.05, 0) is 42.3 Å². The van der Waals surface area contributed by atoms with Gasteiger partial charge in [0.25, 0.3) is 5.91 Å². The van der Waals surface area contributed by atoms with Crippen LogP contribution in [0.5, 0.6) is 0 Å². The average molecular weight is 427 g/mol. The maximum Gasteiger partial charge on any atom is 0.251 e. The summed E-state index contributed by atoms with van der Waals surface area (Å²) in [4.78, 5) is 37.7. The Hall–Kier alpha value is -3.39. The fourth-order valence-corrected chi connectivity index (χ4v) is 2.81. The summed E-state index contributed by atoms with van der Waals surface area (Å²) in [6.45, 7) is 0.923. The number of carbonyl (C=O) groups excluding carboxylic acids is 3. The van der Waals surface area contributed by atoms with Crippen molar-refractivity contribution in [3.8, 4) is 0 Å². The van der Waals surface area contributed by atoms with E-state index in [1.54, 1.807) is 56.4 Å². The summed E-state index contributed by atoms with van der Waals surface area (Å²) in [5.41, 5.74) is 2.83. The summed E-state index contributed by atoms with van der Waals surface area (Å²) >= 11 is 0. The Morgan fingerprint density at radius 3 is 2.48 bits per heavy atom. The van der Waals surface area contributed by atoms with E-state index in [9.17, 15) is 14.4 Å². The van der Waals surface area contributed by atoms with Gasteiger partial charge in [-0.1, -0.05) is 18.2 Å². The first kappa shape index (κ1) is 23.9. The predicted octanol–water partition coefficient (Wildman–Crippen LogP) is 2.13. The second-order valence-electron chi connectivity index (χ2n) is 7.22. The normalized spacial score (nSPS) is 10.3. The number of aryl methyl sites for hydroxylation is 1. The minimum absolute atomic E-state index is 0.0537. The highest BCUT2D eigenvalue weighted by Crippen LogP contribution is 2.14. The average Bonchev–Trinajstić information content (AvgIpc) is 2.76. The zero-order valence-corrected chi connectivity index (χ0v) is 18.2. The number of nitrogens with one attached hydrogen (secondary N) is 3. The van der Waals surface area contributed by atoms with Crippen molar-refractivity contribution in [1.29, 1.82) is 0 Å². The molecule has 0 atom stereocenters. The van der Waals surface area contributed by atoms with Crippen LogP contribution >= 0.6 is 0 Å².